The maximum absolute atomic E-state index is 13.1. The minimum Gasteiger partial charge on any atom is -0.486 e. The molecule has 1 atom stereocenters. The van der Waals surface area contributed by atoms with Gasteiger partial charge in [-0.1, -0.05) is 11.6 Å². The van der Waals surface area contributed by atoms with Gasteiger partial charge in [-0.05, 0) is 49.2 Å². The van der Waals surface area contributed by atoms with Crippen molar-refractivity contribution in [1.82, 2.24) is 9.88 Å². The van der Waals surface area contributed by atoms with Gasteiger partial charge in [-0.3, -0.25) is 4.79 Å². The molecule has 2 aliphatic heterocycles. The van der Waals surface area contributed by atoms with Crippen molar-refractivity contribution in [3.05, 3.63) is 63.4 Å². The van der Waals surface area contributed by atoms with Crippen LogP contribution in [0.15, 0.2) is 47.3 Å². The second-order valence-electron chi connectivity index (χ2n) is 8.16. The summed E-state index contributed by atoms with van der Waals surface area (Å²) >= 11 is 5.95. The lowest BCUT2D eigenvalue weighted by molar-refractivity contribution is 0.0818. The minimum atomic E-state index is -0.311. The SMILES string of the molecule is O=C(Nc1ccc(Cl)cc1)N(Cc1cc2cc3c(cc2[nH]c1=O)OCCO3)CC1CCCO1. The summed E-state index contributed by atoms with van der Waals surface area (Å²) in [5.74, 6) is 1.25. The summed E-state index contributed by atoms with van der Waals surface area (Å²) in [7, 11) is 0. The summed E-state index contributed by atoms with van der Waals surface area (Å²) in [6.45, 7) is 2.16. The van der Waals surface area contributed by atoms with E-state index >= 15 is 0 Å². The lowest BCUT2D eigenvalue weighted by atomic mass is 10.1. The number of benzene rings is 2. The zero-order valence-electron chi connectivity index (χ0n) is 17.9. The number of aromatic amines is 1. The van der Waals surface area contributed by atoms with Crippen molar-refractivity contribution in [2.24, 2.45) is 0 Å². The number of aromatic nitrogens is 1. The second-order valence-corrected chi connectivity index (χ2v) is 8.60. The molecule has 33 heavy (non-hydrogen) atoms. The number of H-pyrrole nitrogens is 1. The molecule has 172 valence electrons. The number of amides is 2. The van der Waals surface area contributed by atoms with Gasteiger partial charge in [0.05, 0.1) is 18.2 Å². The summed E-state index contributed by atoms with van der Waals surface area (Å²) in [5, 5.41) is 4.28. The second kappa shape index (κ2) is 9.33. The summed E-state index contributed by atoms with van der Waals surface area (Å²) in [4.78, 5) is 30.5. The number of nitrogens with zero attached hydrogens (tertiary/aromatic N) is 1. The zero-order valence-corrected chi connectivity index (χ0v) is 18.7. The monoisotopic (exact) mass is 469 g/mol. The van der Waals surface area contributed by atoms with Gasteiger partial charge in [-0.25, -0.2) is 4.79 Å². The largest absolute Gasteiger partial charge is 0.486 e. The van der Waals surface area contributed by atoms with Gasteiger partial charge in [0, 0.05) is 40.9 Å². The Kier molecular flexibility index (Phi) is 6.11. The number of anilines is 1. The van der Waals surface area contributed by atoms with Crippen LogP contribution in [-0.2, 0) is 11.3 Å². The van der Waals surface area contributed by atoms with Gasteiger partial charge < -0.3 is 29.4 Å². The first-order chi connectivity index (χ1) is 16.0. The molecule has 0 bridgehead atoms. The van der Waals surface area contributed by atoms with E-state index in [1.807, 2.05) is 6.07 Å². The molecule has 1 fully saturated rings. The van der Waals surface area contributed by atoms with Crippen LogP contribution in [0.5, 0.6) is 11.5 Å². The summed E-state index contributed by atoms with van der Waals surface area (Å²) in [5.41, 5.74) is 1.50. The van der Waals surface area contributed by atoms with E-state index in [0.29, 0.717) is 59.7 Å². The topological polar surface area (TPSA) is 92.9 Å². The highest BCUT2D eigenvalue weighted by Crippen LogP contribution is 2.33. The molecule has 3 heterocycles. The molecule has 2 N–H and O–H groups in total. The van der Waals surface area contributed by atoms with Gasteiger partial charge in [0.25, 0.3) is 5.56 Å². The molecular weight excluding hydrogens is 446 g/mol. The van der Waals surface area contributed by atoms with E-state index < -0.39 is 0 Å². The molecule has 8 nitrogen and oxygen atoms in total. The molecule has 2 amide bonds. The smallest absolute Gasteiger partial charge is 0.322 e. The van der Waals surface area contributed by atoms with Crippen molar-refractivity contribution in [3.63, 3.8) is 0 Å². The van der Waals surface area contributed by atoms with Crippen LogP contribution in [0.1, 0.15) is 18.4 Å². The van der Waals surface area contributed by atoms with Crippen molar-refractivity contribution in [2.45, 2.75) is 25.5 Å². The Morgan fingerprint density at radius 3 is 2.58 bits per heavy atom. The number of carbonyl (C=O) groups is 1. The van der Waals surface area contributed by atoms with Crippen LogP contribution in [0.25, 0.3) is 10.9 Å². The molecule has 3 aromatic rings. The summed E-state index contributed by atoms with van der Waals surface area (Å²) < 4.78 is 17.0. The third-order valence-corrected chi connectivity index (χ3v) is 6.03. The predicted molar refractivity (Wildman–Crippen MR) is 125 cm³/mol. The van der Waals surface area contributed by atoms with Crippen LogP contribution >= 0.6 is 11.6 Å². The fourth-order valence-corrected chi connectivity index (χ4v) is 4.23. The van der Waals surface area contributed by atoms with Crippen LogP contribution < -0.4 is 20.3 Å². The van der Waals surface area contributed by atoms with Crippen molar-refractivity contribution in [1.29, 1.82) is 0 Å². The lowest BCUT2D eigenvalue weighted by Crippen LogP contribution is -2.40. The molecule has 0 saturated carbocycles. The average Bonchev–Trinajstić information content (AvgIpc) is 3.32. The third kappa shape index (κ3) is 4.91. The fraction of sp³-hybridized carbons (Fsp3) is 0.333. The molecule has 0 spiro atoms. The van der Waals surface area contributed by atoms with Crippen molar-refractivity contribution in [2.75, 3.05) is 31.7 Å². The first-order valence-electron chi connectivity index (χ1n) is 10.9. The number of hydrogen-bond donors (Lipinski definition) is 2. The Labute approximate surface area is 195 Å². The van der Waals surface area contributed by atoms with Gasteiger partial charge >= 0.3 is 6.03 Å². The molecule has 0 radical (unpaired) electrons. The number of ether oxygens (including phenoxy) is 3. The maximum atomic E-state index is 13.1. The number of pyridine rings is 1. The van der Waals surface area contributed by atoms with Gasteiger partial charge in [-0.15, -0.1) is 0 Å². The van der Waals surface area contributed by atoms with Crippen molar-refractivity contribution < 1.29 is 19.0 Å². The molecule has 2 aliphatic rings. The van der Waals surface area contributed by atoms with Gasteiger partial charge in [0.1, 0.15) is 13.2 Å². The molecule has 5 rings (SSSR count). The van der Waals surface area contributed by atoms with Crippen molar-refractivity contribution in [3.8, 4) is 11.5 Å². The van der Waals surface area contributed by atoms with E-state index in [0.717, 1.165) is 18.2 Å². The van der Waals surface area contributed by atoms with Crippen LogP contribution in [0.2, 0.25) is 5.02 Å². The third-order valence-electron chi connectivity index (χ3n) is 5.78. The molecular formula is C24H24ClN3O5. The average molecular weight is 470 g/mol. The van der Waals surface area contributed by atoms with E-state index in [-0.39, 0.29) is 24.2 Å². The van der Waals surface area contributed by atoms with Gasteiger partial charge in [0.15, 0.2) is 11.5 Å². The van der Waals surface area contributed by atoms with Gasteiger partial charge in [0.2, 0.25) is 0 Å². The standard InChI is InChI=1S/C24H24ClN3O5/c25-17-3-5-18(6-4-17)26-24(30)28(14-19-2-1-7-31-19)13-16-10-15-11-21-22(33-9-8-32-21)12-20(15)27-23(16)29/h3-6,10-12,19H,1-2,7-9,13-14H2,(H,26,30)(H,27,29). The molecule has 2 aromatic carbocycles. The molecule has 1 aromatic heterocycles. The zero-order chi connectivity index (χ0) is 22.8. The first kappa shape index (κ1) is 21.6. The molecule has 0 aliphatic carbocycles. The number of hydrogen-bond acceptors (Lipinski definition) is 5. The van der Waals surface area contributed by atoms with E-state index in [1.54, 1.807) is 41.3 Å². The normalized spacial score (nSPS) is 17.2. The number of urea groups is 1. The first-order valence-corrected chi connectivity index (χ1v) is 11.3. The Hall–Kier alpha value is -3.23. The number of carbonyl (C=O) groups excluding carboxylic acids is 1. The van der Waals surface area contributed by atoms with Crippen LogP contribution in [0.4, 0.5) is 10.5 Å². The van der Waals surface area contributed by atoms with Crippen LogP contribution in [0.3, 0.4) is 0 Å². The van der Waals surface area contributed by atoms with Crippen LogP contribution in [0, 0.1) is 0 Å². The van der Waals surface area contributed by atoms with Crippen LogP contribution in [-0.4, -0.2) is 48.4 Å². The Morgan fingerprint density at radius 2 is 1.85 bits per heavy atom. The molecule has 9 heteroatoms. The number of nitrogens with one attached hydrogen (secondary N) is 2. The van der Waals surface area contributed by atoms with E-state index in [9.17, 15) is 9.59 Å². The van der Waals surface area contributed by atoms with E-state index in [2.05, 4.69) is 10.3 Å². The summed E-state index contributed by atoms with van der Waals surface area (Å²) in [6.07, 6.45) is 1.78. The van der Waals surface area contributed by atoms with Gasteiger partial charge in [-0.2, -0.15) is 0 Å². The highest BCUT2D eigenvalue weighted by atomic mass is 35.5. The minimum absolute atomic E-state index is 0.0573. The highest BCUT2D eigenvalue weighted by molar-refractivity contribution is 6.30. The lowest BCUT2D eigenvalue weighted by Gasteiger charge is -2.26. The summed E-state index contributed by atoms with van der Waals surface area (Å²) in [6, 6.07) is 12.0. The maximum Gasteiger partial charge on any atom is 0.322 e. The Bertz CT molecular complexity index is 1220. The predicted octanol–water partition coefficient (Wildman–Crippen LogP) is 4.17. The number of fused-ring (bicyclic) bond motifs is 2. The Balaban J connectivity index is 1.42. The molecule has 1 unspecified atom stereocenters. The van der Waals surface area contributed by atoms with Crippen molar-refractivity contribution >= 4 is 34.2 Å². The molecule has 1 saturated heterocycles. The quantitative estimate of drug-likeness (QED) is 0.585. The number of rotatable bonds is 5. The highest BCUT2D eigenvalue weighted by Gasteiger charge is 2.24. The Morgan fingerprint density at radius 1 is 1.09 bits per heavy atom. The number of halogens is 1. The van der Waals surface area contributed by atoms with E-state index in [1.165, 1.54) is 0 Å². The van der Waals surface area contributed by atoms with E-state index in [4.69, 9.17) is 25.8 Å². The fourth-order valence-electron chi connectivity index (χ4n) is 4.10.